The van der Waals surface area contributed by atoms with Crippen LogP contribution in [-0.4, -0.2) is 22.5 Å². The Labute approximate surface area is 84.9 Å². The van der Waals surface area contributed by atoms with E-state index in [4.69, 9.17) is 5.73 Å². The average Bonchev–Trinajstić information content (AvgIpc) is 2.17. The van der Waals surface area contributed by atoms with Crippen molar-refractivity contribution in [1.82, 2.24) is 9.88 Å². The van der Waals surface area contributed by atoms with Crippen LogP contribution in [0.15, 0.2) is 18.3 Å². The van der Waals surface area contributed by atoms with Gasteiger partial charge in [-0.1, -0.05) is 6.92 Å². The molecule has 76 valence electrons. The minimum atomic E-state index is 0.615. The quantitative estimate of drug-likeness (QED) is 0.770. The van der Waals surface area contributed by atoms with E-state index >= 15 is 0 Å². The van der Waals surface area contributed by atoms with Gasteiger partial charge in [0.15, 0.2) is 0 Å². The lowest BCUT2D eigenvalue weighted by Gasteiger charge is -2.44. The molecule has 0 bridgehead atoms. The van der Waals surface area contributed by atoms with Crippen LogP contribution in [0.25, 0.3) is 0 Å². The molecule has 1 aliphatic heterocycles. The molecule has 0 aliphatic carbocycles. The van der Waals surface area contributed by atoms with Crippen molar-refractivity contribution >= 4 is 5.82 Å². The minimum Gasteiger partial charge on any atom is -0.384 e. The molecule has 0 radical (unpaired) electrons. The second-order valence-corrected chi connectivity index (χ2v) is 4.24. The molecule has 3 nitrogen and oxygen atoms in total. The van der Waals surface area contributed by atoms with E-state index in [9.17, 15) is 0 Å². The van der Waals surface area contributed by atoms with Crippen molar-refractivity contribution in [1.29, 1.82) is 0 Å². The van der Waals surface area contributed by atoms with Crippen molar-refractivity contribution in [3.63, 3.8) is 0 Å². The Bertz CT molecular complexity index is 324. The van der Waals surface area contributed by atoms with E-state index in [1.54, 1.807) is 6.20 Å². The third-order valence-corrected chi connectivity index (χ3v) is 3.15. The summed E-state index contributed by atoms with van der Waals surface area (Å²) in [7, 11) is 0. The normalized spacial score (nSPS) is 27.3. The smallest absolute Gasteiger partial charge is 0.123 e. The molecule has 1 aromatic rings. The number of aromatic nitrogens is 1. The van der Waals surface area contributed by atoms with Gasteiger partial charge in [-0.2, -0.15) is 0 Å². The molecule has 2 unspecified atom stereocenters. The van der Waals surface area contributed by atoms with Gasteiger partial charge in [0.05, 0.1) is 0 Å². The highest BCUT2D eigenvalue weighted by molar-refractivity contribution is 5.31. The zero-order valence-corrected chi connectivity index (χ0v) is 8.77. The number of hydrogen-bond donors (Lipinski definition) is 1. The van der Waals surface area contributed by atoms with Gasteiger partial charge in [-0.25, -0.2) is 4.98 Å². The summed E-state index contributed by atoms with van der Waals surface area (Å²) >= 11 is 0. The zero-order valence-electron chi connectivity index (χ0n) is 8.77. The lowest BCUT2D eigenvalue weighted by molar-refractivity contribution is 0.0306. The molecule has 0 amide bonds. The lowest BCUT2D eigenvalue weighted by atomic mass is 9.91. The number of anilines is 1. The Kier molecular flexibility index (Phi) is 2.42. The van der Waals surface area contributed by atoms with Gasteiger partial charge >= 0.3 is 0 Å². The Morgan fingerprint density at radius 3 is 2.93 bits per heavy atom. The van der Waals surface area contributed by atoms with Crippen LogP contribution in [0.2, 0.25) is 0 Å². The van der Waals surface area contributed by atoms with Gasteiger partial charge in [0.1, 0.15) is 5.82 Å². The standard InChI is InChI=1S/C11H17N3/c1-8-6-14(9(8)2)7-10-3-4-13-11(12)5-10/h3-5,8-9H,6-7H2,1-2H3,(H2,12,13). The molecule has 1 aromatic heterocycles. The maximum Gasteiger partial charge on any atom is 0.123 e. The van der Waals surface area contributed by atoms with Gasteiger partial charge in [0, 0.05) is 25.3 Å². The number of nitrogens with zero attached hydrogens (tertiary/aromatic N) is 2. The van der Waals surface area contributed by atoms with Crippen molar-refractivity contribution in [3.8, 4) is 0 Å². The fraction of sp³-hybridized carbons (Fsp3) is 0.545. The molecule has 1 aliphatic rings. The van der Waals surface area contributed by atoms with Crippen LogP contribution in [-0.2, 0) is 6.54 Å². The zero-order chi connectivity index (χ0) is 10.1. The second-order valence-electron chi connectivity index (χ2n) is 4.24. The predicted molar refractivity (Wildman–Crippen MR) is 57.7 cm³/mol. The summed E-state index contributed by atoms with van der Waals surface area (Å²) in [5.41, 5.74) is 6.89. The fourth-order valence-corrected chi connectivity index (χ4v) is 1.95. The summed E-state index contributed by atoms with van der Waals surface area (Å²) < 4.78 is 0. The first-order valence-electron chi connectivity index (χ1n) is 5.11. The first-order chi connectivity index (χ1) is 6.66. The van der Waals surface area contributed by atoms with Gasteiger partial charge < -0.3 is 5.73 Å². The van der Waals surface area contributed by atoms with Crippen LogP contribution in [0.5, 0.6) is 0 Å². The van der Waals surface area contributed by atoms with Crippen LogP contribution in [0.4, 0.5) is 5.82 Å². The Balaban J connectivity index is 1.98. The van der Waals surface area contributed by atoms with Crippen LogP contribution in [0.1, 0.15) is 19.4 Å². The van der Waals surface area contributed by atoms with Crippen molar-refractivity contribution < 1.29 is 0 Å². The van der Waals surface area contributed by atoms with E-state index in [0.717, 1.165) is 12.5 Å². The maximum atomic E-state index is 5.63. The summed E-state index contributed by atoms with van der Waals surface area (Å²) in [4.78, 5) is 6.44. The van der Waals surface area contributed by atoms with Crippen LogP contribution < -0.4 is 5.73 Å². The Morgan fingerprint density at radius 1 is 1.57 bits per heavy atom. The number of rotatable bonds is 2. The summed E-state index contributed by atoms with van der Waals surface area (Å²) in [5.74, 6) is 1.44. The van der Waals surface area contributed by atoms with Gasteiger partial charge in [0.2, 0.25) is 0 Å². The summed E-state index contributed by atoms with van der Waals surface area (Å²) in [6, 6.07) is 4.69. The molecular weight excluding hydrogens is 174 g/mol. The van der Waals surface area contributed by atoms with Crippen molar-refractivity contribution in [3.05, 3.63) is 23.9 Å². The minimum absolute atomic E-state index is 0.615. The molecule has 2 rings (SSSR count). The molecule has 14 heavy (non-hydrogen) atoms. The first kappa shape index (κ1) is 9.46. The van der Waals surface area contributed by atoms with Gasteiger partial charge in [-0.3, -0.25) is 4.90 Å². The highest BCUT2D eigenvalue weighted by atomic mass is 15.2. The predicted octanol–water partition coefficient (Wildman–Crippen LogP) is 1.50. The number of nitrogen functional groups attached to an aromatic ring is 1. The Morgan fingerprint density at radius 2 is 2.36 bits per heavy atom. The van der Waals surface area contributed by atoms with Gasteiger partial charge in [-0.15, -0.1) is 0 Å². The number of likely N-dealkylation sites (tertiary alicyclic amines) is 1. The number of pyridine rings is 1. The van der Waals surface area contributed by atoms with Crippen LogP contribution >= 0.6 is 0 Å². The molecule has 0 spiro atoms. The molecule has 0 saturated carbocycles. The lowest BCUT2D eigenvalue weighted by Crippen LogP contribution is -2.52. The molecule has 2 atom stereocenters. The van der Waals surface area contributed by atoms with E-state index in [-0.39, 0.29) is 0 Å². The molecule has 2 heterocycles. The van der Waals surface area contributed by atoms with E-state index < -0.39 is 0 Å². The molecule has 1 fully saturated rings. The van der Waals surface area contributed by atoms with Crippen LogP contribution in [0.3, 0.4) is 0 Å². The van der Waals surface area contributed by atoms with E-state index in [1.807, 2.05) is 12.1 Å². The summed E-state index contributed by atoms with van der Waals surface area (Å²) in [5, 5.41) is 0. The fourth-order valence-electron chi connectivity index (χ4n) is 1.95. The van der Waals surface area contributed by atoms with Crippen molar-refractivity contribution in [2.45, 2.75) is 26.4 Å². The maximum absolute atomic E-state index is 5.63. The molecule has 0 aromatic carbocycles. The molecule has 1 saturated heterocycles. The molecule has 3 heteroatoms. The third kappa shape index (κ3) is 1.73. The SMILES string of the molecule is CC1CN(Cc2ccnc(N)c2)C1C. The number of hydrogen-bond acceptors (Lipinski definition) is 3. The summed E-state index contributed by atoms with van der Waals surface area (Å²) in [6.07, 6.45) is 1.78. The third-order valence-electron chi connectivity index (χ3n) is 3.15. The second kappa shape index (κ2) is 3.58. The molecule has 2 N–H and O–H groups in total. The van der Waals surface area contributed by atoms with Gasteiger partial charge in [0.25, 0.3) is 0 Å². The first-order valence-corrected chi connectivity index (χ1v) is 5.11. The number of nitrogens with two attached hydrogens (primary N) is 1. The van der Waals surface area contributed by atoms with Gasteiger partial charge in [-0.05, 0) is 30.5 Å². The molecular formula is C11H17N3. The average molecular weight is 191 g/mol. The Hall–Kier alpha value is -1.09. The topological polar surface area (TPSA) is 42.2 Å². The van der Waals surface area contributed by atoms with E-state index in [0.29, 0.717) is 11.9 Å². The highest BCUT2D eigenvalue weighted by Crippen LogP contribution is 2.25. The van der Waals surface area contributed by atoms with Crippen LogP contribution in [0, 0.1) is 5.92 Å². The largest absolute Gasteiger partial charge is 0.384 e. The monoisotopic (exact) mass is 191 g/mol. The highest BCUT2D eigenvalue weighted by Gasteiger charge is 2.31. The summed E-state index contributed by atoms with van der Waals surface area (Å²) in [6.45, 7) is 6.77. The van der Waals surface area contributed by atoms with Crippen molar-refractivity contribution in [2.75, 3.05) is 12.3 Å². The van der Waals surface area contributed by atoms with E-state index in [1.165, 1.54) is 12.1 Å². The van der Waals surface area contributed by atoms with Crippen molar-refractivity contribution in [2.24, 2.45) is 5.92 Å². The van der Waals surface area contributed by atoms with E-state index in [2.05, 4.69) is 23.7 Å².